The van der Waals surface area contributed by atoms with Crippen molar-refractivity contribution in [3.63, 3.8) is 0 Å². The fourth-order valence-corrected chi connectivity index (χ4v) is 2.75. The number of rotatable bonds is 3. The Bertz CT molecular complexity index is 646. The van der Waals surface area contributed by atoms with Crippen LogP contribution in [0.15, 0.2) is 24.7 Å². The van der Waals surface area contributed by atoms with Crippen molar-refractivity contribution in [3.05, 3.63) is 36.2 Å². The van der Waals surface area contributed by atoms with E-state index < -0.39 is 11.7 Å². The van der Waals surface area contributed by atoms with E-state index in [1.807, 2.05) is 0 Å². The Morgan fingerprint density at radius 2 is 2.29 bits per heavy atom. The quantitative estimate of drug-likeness (QED) is 0.666. The van der Waals surface area contributed by atoms with Crippen molar-refractivity contribution in [2.45, 2.75) is 18.8 Å². The van der Waals surface area contributed by atoms with E-state index in [0.29, 0.717) is 18.8 Å². The highest BCUT2D eigenvalue weighted by atomic mass is 16.2. The monoisotopic (exact) mass is 287 g/mol. The molecule has 0 saturated carbocycles. The molecule has 1 amide bonds. The number of ketones is 1. The zero-order valence-electron chi connectivity index (χ0n) is 11.8. The van der Waals surface area contributed by atoms with Gasteiger partial charge in [-0.2, -0.15) is 5.10 Å². The molecule has 2 aromatic heterocycles. The predicted molar refractivity (Wildman–Crippen MR) is 74.7 cm³/mol. The lowest BCUT2D eigenvalue weighted by Crippen LogP contribution is -2.43. The summed E-state index contributed by atoms with van der Waals surface area (Å²) in [5, 5.41) is 6.69. The zero-order valence-corrected chi connectivity index (χ0v) is 11.8. The van der Waals surface area contributed by atoms with Crippen LogP contribution in [0.25, 0.3) is 0 Å². The van der Waals surface area contributed by atoms with Crippen LogP contribution < -0.4 is 0 Å². The number of hydrogen-bond acceptors (Lipinski definition) is 4. The van der Waals surface area contributed by atoms with Gasteiger partial charge in [0.15, 0.2) is 0 Å². The minimum absolute atomic E-state index is 0.117. The molecule has 2 aromatic rings. The maximum atomic E-state index is 12.4. The van der Waals surface area contributed by atoms with Crippen LogP contribution in [-0.4, -0.2) is 49.4 Å². The third-order valence-electron chi connectivity index (χ3n) is 3.90. The molecule has 110 valence electrons. The Kier molecular flexibility index (Phi) is 3.55. The summed E-state index contributed by atoms with van der Waals surface area (Å²) in [5.74, 6) is -0.00744. The number of aryl methyl sites for hydroxylation is 1. The standard InChI is InChI=1S/C14H17N5O2/c1-18-6-3-5-11(18)12(20)14(21)19-7-2-4-10(8-19)13-15-9-16-17-13/h3,5-6,9-10H,2,4,7-8H2,1H3,(H,15,16,17)/t10-/m0/s1. The Hall–Kier alpha value is -2.44. The van der Waals surface area contributed by atoms with Crippen LogP contribution in [0.1, 0.15) is 35.1 Å². The first-order chi connectivity index (χ1) is 10.2. The maximum absolute atomic E-state index is 12.4. The molecular formula is C14H17N5O2. The fraction of sp³-hybridized carbons (Fsp3) is 0.429. The smallest absolute Gasteiger partial charge is 0.296 e. The second kappa shape index (κ2) is 5.51. The molecule has 1 aliphatic heterocycles. The molecule has 1 atom stereocenters. The van der Waals surface area contributed by atoms with E-state index in [2.05, 4.69) is 15.2 Å². The SMILES string of the molecule is Cn1cccc1C(=O)C(=O)N1CCC[C@H](c2ncn[nH]2)C1. The van der Waals surface area contributed by atoms with Gasteiger partial charge in [0.2, 0.25) is 0 Å². The van der Waals surface area contributed by atoms with Crippen molar-refractivity contribution in [2.75, 3.05) is 13.1 Å². The molecule has 1 aliphatic rings. The molecule has 0 aromatic carbocycles. The van der Waals surface area contributed by atoms with Gasteiger partial charge in [-0.05, 0) is 25.0 Å². The van der Waals surface area contributed by atoms with Crippen LogP contribution in [0.2, 0.25) is 0 Å². The number of aromatic nitrogens is 4. The van der Waals surface area contributed by atoms with Gasteiger partial charge in [0.05, 0.1) is 5.69 Å². The molecule has 7 nitrogen and oxygen atoms in total. The van der Waals surface area contributed by atoms with E-state index in [9.17, 15) is 9.59 Å². The van der Waals surface area contributed by atoms with E-state index in [4.69, 9.17) is 0 Å². The second-order valence-electron chi connectivity index (χ2n) is 5.29. The molecule has 1 saturated heterocycles. The lowest BCUT2D eigenvalue weighted by atomic mass is 9.97. The molecule has 0 radical (unpaired) electrons. The first-order valence-corrected chi connectivity index (χ1v) is 6.97. The van der Waals surface area contributed by atoms with Gasteiger partial charge in [0.1, 0.15) is 12.2 Å². The molecule has 21 heavy (non-hydrogen) atoms. The first-order valence-electron chi connectivity index (χ1n) is 6.97. The third-order valence-corrected chi connectivity index (χ3v) is 3.90. The van der Waals surface area contributed by atoms with Gasteiger partial charge >= 0.3 is 0 Å². The Balaban J connectivity index is 1.73. The normalized spacial score (nSPS) is 18.7. The highest BCUT2D eigenvalue weighted by Gasteiger charge is 2.30. The summed E-state index contributed by atoms with van der Waals surface area (Å²) in [7, 11) is 1.76. The van der Waals surface area contributed by atoms with Gasteiger partial charge in [0, 0.05) is 32.3 Å². The number of piperidine rings is 1. The van der Waals surface area contributed by atoms with Crippen LogP contribution in [0.5, 0.6) is 0 Å². The number of H-pyrrole nitrogens is 1. The number of likely N-dealkylation sites (tertiary alicyclic amines) is 1. The predicted octanol–water partition coefficient (Wildman–Crippen LogP) is 0.732. The molecule has 0 aliphatic carbocycles. The lowest BCUT2D eigenvalue weighted by molar-refractivity contribution is -0.127. The van der Waals surface area contributed by atoms with Crippen molar-refractivity contribution in [1.29, 1.82) is 0 Å². The third kappa shape index (κ3) is 2.58. The summed E-state index contributed by atoms with van der Waals surface area (Å²) in [5.41, 5.74) is 0.418. The summed E-state index contributed by atoms with van der Waals surface area (Å²) in [6.07, 6.45) is 5.02. The summed E-state index contributed by atoms with van der Waals surface area (Å²) in [4.78, 5) is 30.4. The lowest BCUT2D eigenvalue weighted by Gasteiger charge is -2.31. The molecule has 0 unspecified atom stereocenters. The van der Waals surface area contributed by atoms with Gasteiger partial charge in [-0.3, -0.25) is 14.7 Å². The van der Waals surface area contributed by atoms with Crippen LogP contribution in [0, 0.1) is 0 Å². The van der Waals surface area contributed by atoms with Crippen molar-refractivity contribution in [3.8, 4) is 0 Å². The zero-order chi connectivity index (χ0) is 14.8. The minimum Gasteiger partial charge on any atom is -0.348 e. The van der Waals surface area contributed by atoms with Crippen molar-refractivity contribution in [2.24, 2.45) is 7.05 Å². The fourth-order valence-electron chi connectivity index (χ4n) is 2.75. The Labute approximate surface area is 122 Å². The summed E-state index contributed by atoms with van der Waals surface area (Å²) in [6.45, 7) is 1.11. The second-order valence-corrected chi connectivity index (χ2v) is 5.29. The van der Waals surface area contributed by atoms with E-state index in [0.717, 1.165) is 18.7 Å². The van der Waals surface area contributed by atoms with Gasteiger partial charge in [-0.15, -0.1) is 0 Å². The van der Waals surface area contributed by atoms with E-state index in [1.54, 1.807) is 34.8 Å². The minimum atomic E-state index is -0.458. The number of carbonyl (C=O) groups excluding carboxylic acids is 2. The number of Topliss-reactive ketones (excluding diaryl/α,β-unsaturated/α-hetero) is 1. The Morgan fingerprint density at radius 1 is 1.43 bits per heavy atom. The number of nitrogens with one attached hydrogen (secondary N) is 1. The highest BCUT2D eigenvalue weighted by molar-refractivity contribution is 6.42. The van der Waals surface area contributed by atoms with Crippen molar-refractivity contribution in [1.82, 2.24) is 24.6 Å². The van der Waals surface area contributed by atoms with E-state index >= 15 is 0 Å². The molecule has 3 heterocycles. The van der Waals surface area contributed by atoms with Gasteiger partial charge < -0.3 is 9.47 Å². The number of nitrogens with zero attached hydrogens (tertiary/aromatic N) is 4. The van der Waals surface area contributed by atoms with Gasteiger partial charge in [-0.1, -0.05) is 0 Å². The number of carbonyl (C=O) groups is 2. The van der Waals surface area contributed by atoms with E-state index in [-0.39, 0.29) is 5.92 Å². The first kappa shape index (κ1) is 13.5. The molecule has 0 bridgehead atoms. The van der Waals surface area contributed by atoms with Gasteiger partial charge in [0.25, 0.3) is 11.7 Å². The van der Waals surface area contributed by atoms with Crippen LogP contribution in [-0.2, 0) is 11.8 Å². The van der Waals surface area contributed by atoms with E-state index in [1.165, 1.54) is 6.33 Å². The molecule has 7 heteroatoms. The summed E-state index contributed by atoms with van der Waals surface area (Å²) in [6, 6.07) is 3.42. The topological polar surface area (TPSA) is 83.9 Å². The average Bonchev–Trinajstić information content (AvgIpc) is 3.17. The number of amides is 1. The van der Waals surface area contributed by atoms with Crippen LogP contribution in [0.4, 0.5) is 0 Å². The molecular weight excluding hydrogens is 270 g/mol. The molecule has 0 spiro atoms. The number of hydrogen-bond donors (Lipinski definition) is 1. The maximum Gasteiger partial charge on any atom is 0.296 e. The average molecular weight is 287 g/mol. The van der Waals surface area contributed by atoms with Crippen molar-refractivity contribution >= 4 is 11.7 Å². The summed E-state index contributed by atoms with van der Waals surface area (Å²) >= 11 is 0. The van der Waals surface area contributed by atoms with Crippen LogP contribution in [0.3, 0.4) is 0 Å². The highest BCUT2D eigenvalue weighted by Crippen LogP contribution is 2.24. The Morgan fingerprint density at radius 3 is 2.95 bits per heavy atom. The van der Waals surface area contributed by atoms with Crippen molar-refractivity contribution < 1.29 is 9.59 Å². The molecule has 3 rings (SSSR count). The largest absolute Gasteiger partial charge is 0.348 e. The molecule has 1 fully saturated rings. The molecule has 1 N–H and O–H groups in total. The summed E-state index contributed by atoms with van der Waals surface area (Å²) < 4.78 is 1.66. The number of aromatic amines is 1. The van der Waals surface area contributed by atoms with Gasteiger partial charge in [-0.25, -0.2) is 4.98 Å². The van der Waals surface area contributed by atoms with Crippen LogP contribution >= 0.6 is 0 Å².